The molecule has 1 saturated heterocycles. The second-order valence-corrected chi connectivity index (χ2v) is 7.47. The molecule has 0 unspecified atom stereocenters. The lowest BCUT2D eigenvalue weighted by molar-refractivity contribution is -0.00746. The molecule has 114 valence electrons. The van der Waals surface area contributed by atoms with Crippen molar-refractivity contribution in [3.05, 3.63) is 41.0 Å². The number of phenols is 1. The summed E-state index contributed by atoms with van der Waals surface area (Å²) in [7, 11) is 0. The number of likely N-dealkylation sites (tertiary alicyclic amines) is 1. The molecule has 1 aromatic carbocycles. The number of benzene rings is 1. The summed E-state index contributed by atoms with van der Waals surface area (Å²) >= 11 is 0. The van der Waals surface area contributed by atoms with Crippen molar-refractivity contribution < 1.29 is 5.11 Å². The molecule has 21 heavy (non-hydrogen) atoms. The summed E-state index contributed by atoms with van der Waals surface area (Å²) in [5.41, 5.74) is 4.53. The van der Waals surface area contributed by atoms with E-state index in [1.807, 2.05) is 12.1 Å². The number of hydrogen-bond donors (Lipinski definition) is 1. The molecule has 2 nitrogen and oxygen atoms in total. The third-order valence-electron chi connectivity index (χ3n) is 5.71. The molecule has 0 saturated carbocycles. The van der Waals surface area contributed by atoms with Crippen LogP contribution in [0.1, 0.15) is 51.3 Å². The summed E-state index contributed by atoms with van der Waals surface area (Å²) < 4.78 is 0. The van der Waals surface area contributed by atoms with E-state index in [0.29, 0.717) is 23.1 Å². The lowest BCUT2D eigenvalue weighted by Gasteiger charge is -2.54. The zero-order chi connectivity index (χ0) is 15.2. The third kappa shape index (κ3) is 2.50. The predicted molar refractivity (Wildman–Crippen MR) is 87.4 cm³/mol. The molecular formula is C19H27NO. The third-order valence-corrected chi connectivity index (χ3v) is 5.71. The molecule has 1 heterocycles. The van der Waals surface area contributed by atoms with Crippen LogP contribution in [0.2, 0.25) is 0 Å². The molecule has 3 atom stereocenters. The molecule has 1 N–H and O–H groups in total. The second-order valence-electron chi connectivity index (χ2n) is 7.47. The number of fused-ring (bicyclic) bond motifs is 4. The highest BCUT2D eigenvalue weighted by Crippen LogP contribution is 2.53. The van der Waals surface area contributed by atoms with E-state index in [4.69, 9.17) is 0 Å². The molecule has 0 spiro atoms. The van der Waals surface area contributed by atoms with Gasteiger partial charge in [0.25, 0.3) is 0 Å². The topological polar surface area (TPSA) is 23.5 Å². The van der Waals surface area contributed by atoms with Crippen LogP contribution in [-0.2, 0) is 6.42 Å². The average Bonchev–Trinajstić information content (AvgIpc) is 2.40. The number of aromatic hydroxyl groups is 1. The maximum absolute atomic E-state index is 9.82. The molecule has 0 radical (unpaired) electrons. The van der Waals surface area contributed by atoms with Gasteiger partial charge in [-0.25, -0.2) is 0 Å². The quantitative estimate of drug-likeness (QED) is 0.819. The molecule has 1 aliphatic carbocycles. The number of allylic oxidation sites excluding steroid dienone is 1. The predicted octanol–water partition coefficient (Wildman–Crippen LogP) is 4.30. The Hall–Kier alpha value is -1.28. The maximum Gasteiger partial charge on any atom is 0.115 e. The Morgan fingerprint density at radius 2 is 2.19 bits per heavy atom. The van der Waals surface area contributed by atoms with Gasteiger partial charge in [-0.15, -0.1) is 0 Å². The van der Waals surface area contributed by atoms with E-state index in [1.54, 1.807) is 0 Å². The Morgan fingerprint density at radius 3 is 2.90 bits per heavy atom. The number of piperidine rings is 1. The van der Waals surface area contributed by atoms with Gasteiger partial charge in [0.05, 0.1) is 0 Å². The van der Waals surface area contributed by atoms with Gasteiger partial charge in [0.15, 0.2) is 0 Å². The summed E-state index contributed by atoms with van der Waals surface area (Å²) in [6, 6.07) is 6.47. The molecule has 2 heteroatoms. The lowest BCUT2D eigenvalue weighted by Crippen LogP contribution is -2.51. The lowest BCUT2D eigenvalue weighted by atomic mass is 9.60. The zero-order valence-corrected chi connectivity index (χ0v) is 13.7. The first-order valence-corrected chi connectivity index (χ1v) is 8.10. The Morgan fingerprint density at radius 1 is 1.43 bits per heavy atom. The van der Waals surface area contributed by atoms with Gasteiger partial charge in [-0.2, -0.15) is 0 Å². The Labute approximate surface area is 128 Å². The van der Waals surface area contributed by atoms with Crippen LogP contribution in [0.5, 0.6) is 5.75 Å². The Kier molecular flexibility index (Phi) is 3.61. The zero-order valence-electron chi connectivity index (χ0n) is 13.7. The molecule has 1 aliphatic heterocycles. The van der Waals surface area contributed by atoms with E-state index in [1.165, 1.54) is 29.7 Å². The van der Waals surface area contributed by atoms with Crippen LogP contribution < -0.4 is 0 Å². The first-order chi connectivity index (χ1) is 9.90. The fourth-order valence-corrected chi connectivity index (χ4v) is 4.15. The van der Waals surface area contributed by atoms with Crippen molar-refractivity contribution in [1.82, 2.24) is 4.90 Å². The molecule has 0 aromatic heterocycles. The fraction of sp³-hybridized carbons (Fsp3) is 0.579. The average molecular weight is 285 g/mol. The van der Waals surface area contributed by atoms with Crippen molar-refractivity contribution >= 4 is 0 Å². The van der Waals surface area contributed by atoms with Gasteiger partial charge in [0, 0.05) is 12.6 Å². The van der Waals surface area contributed by atoms with Crippen molar-refractivity contribution in [2.45, 2.75) is 46.6 Å². The van der Waals surface area contributed by atoms with E-state index in [9.17, 15) is 5.11 Å². The van der Waals surface area contributed by atoms with Crippen LogP contribution in [0.25, 0.3) is 0 Å². The van der Waals surface area contributed by atoms with E-state index in [2.05, 4.69) is 44.7 Å². The summed E-state index contributed by atoms with van der Waals surface area (Å²) in [5.74, 6) is 1.06. The minimum Gasteiger partial charge on any atom is -0.508 e. The van der Waals surface area contributed by atoms with Crippen molar-refractivity contribution in [2.24, 2.45) is 11.3 Å². The van der Waals surface area contributed by atoms with Crippen molar-refractivity contribution in [1.29, 1.82) is 0 Å². The second kappa shape index (κ2) is 5.17. The largest absolute Gasteiger partial charge is 0.508 e. The Balaban J connectivity index is 2.01. The summed E-state index contributed by atoms with van der Waals surface area (Å²) in [4.78, 5) is 2.62. The van der Waals surface area contributed by atoms with Crippen molar-refractivity contribution in [2.75, 3.05) is 13.1 Å². The smallest absolute Gasteiger partial charge is 0.115 e. The highest BCUT2D eigenvalue weighted by molar-refractivity contribution is 5.41. The van der Waals surface area contributed by atoms with E-state index in [-0.39, 0.29) is 0 Å². The maximum atomic E-state index is 9.82. The first kappa shape index (κ1) is 14.6. The number of rotatable bonds is 2. The van der Waals surface area contributed by atoms with Gasteiger partial charge in [-0.3, -0.25) is 4.90 Å². The Bertz CT molecular complexity index is 573. The fourth-order valence-electron chi connectivity index (χ4n) is 4.15. The van der Waals surface area contributed by atoms with Crippen LogP contribution in [0.3, 0.4) is 0 Å². The van der Waals surface area contributed by atoms with Gasteiger partial charge in [-0.1, -0.05) is 31.6 Å². The summed E-state index contributed by atoms with van der Waals surface area (Å²) in [6.07, 6.45) is 4.69. The molecule has 2 bridgehead atoms. The van der Waals surface area contributed by atoms with Crippen molar-refractivity contribution in [3.8, 4) is 5.75 Å². The monoisotopic (exact) mass is 285 g/mol. The summed E-state index contributed by atoms with van der Waals surface area (Å²) in [5, 5.41) is 9.82. The normalized spacial score (nSPS) is 31.6. The molecule has 3 rings (SSSR count). The molecule has 1 fully saturated rings. The molecule has 2 aliphatic rings. The van der Waals surface area contributed by atoms with Gasteiger partial charge < -0.3 is 5.11 Å². The van der Waals surface area contributed by atoms with Crippen molar-refractivity contribution in [3.63, 3.8) is 0 Å². The molecular weight excluding hydrogens is 258 g/mol. The van der Waals surface area contributed by atoms with E-state index < -0.39 is 0 Å². The number of phenolic OH excluding ortho intramolecular Hbond substituents is 1. The van der Waals surface area contributed by atoms with E-state index >= 15 is 0 Å². The van der Waals surface area contributed by atoms with Crippen LogP contribution in [0.15, 0.2) is 29.8 Å². The van der Waals surface area contributed by atoms with Gasteiger partial charge in [0.1, 0.15) is 5.75 Å². The number of nitrogens with zero attached hydrogens (tertiary/aromatic N) is 1. The minimum atomic E-state index is 0.368. The number of hydrogen-bond acceptors (Lipinski definition) is 2. The van der Waals surface area contributed by atoms with Crippen LogP contribution >= 0.6 is 0 Å². The first-order valence-electron chi connectivity index (χ1n) is 8.10. The van der Waals surface area contributed by atoms with Gasteiger partial charge in [0.2, 0.25) is 0 Å². The molecule has 1 aromatic rings. The van der Waals surface area contributed by atoms with E-state index in [0.717, 1.165) is 13.0 Å². The van der Waals surface area contributed by atoms with Crippen LogP contribution in [0, 0.1) is 11.3 Å². The van der Waals surface area contributed by atoms with Crippen LogP contribution in [0.4, 0.5) is 0 Å². The highest BCUT2D eigenvalue weighted by Gasteiger charge is 2.47. The van der Waals surface area contributed by atoms with Crippen LogP contribution in [-0.4, -0.2) is 23.1 Å². The standard InChI is InChI=1S/C19H27NO/c1-13(2)7-9-20-10-8-19(4)12-15-11-16(21)5-6-17(15)18(20)14(19)3/h5-7,11,14,18,21H,8-10,12H2,1-4H3/t14-,18+,19-/m0/s1. The SMILES string of the molecule is CC(C)=CCN1CC[C@@]2(C)Cc3cc(O)ccc3[C@H]1[C@@H]2C. The van der Waals surface area contributed by atoms with Gasteiger partial charge in [-0.05, 0) is 67.8 Å². The summed E-state index contributed by atoms with van der Waals surface area (Å²) in [6.45, 7) is 11.4. The minimum absolute atomic E-state index is 0.368. The molecule has 0 amide bonds. The van der Waals surface area contributed by atoms with Gasteiger partial charge >= 0.3 is 0 Å². The highest BCUT2D eigenvalue weighted by atomic mass is 16.3.